The number of anilines is 1. The first-order chi connectivity index (χ1) is 9.56. The third-order valence-electron chi connectivity index (χ3n) is 3.62. The molecular formula is C15H22FN3O. The van der Waals surface area contributed by atoms with E-state index in [1.54, 1.807) is 0 Å². The first-order valence-electron chi connectivity index (χ1n) is 7.14. The standard InChI is InChI=1S/C15H22FN3O/c1-11(10-19-7-3-2-4-8-19)18-15(20)13-9-12(16)5-6-14(13)17/h5-6,9,11H,2-4,7-8,10,17H2,1H3,(H,18,20). The SMILES string of the molecule is CC(CN1CCCCC1)NC(=O)c1cc(F)ccc1N. The molecule has 1 aromatic carbocycles. The number of rotatable bonds is 4. The van der Waals surface area contributed by atoms with Crippen LogP contribution < -0.4 is 11.1 Å². The average Bonchev–Trinajstić information content (AvgIpc) is 2.42. The molecule has 0 aliphatic carbocycles. The average molecular weight is 279 g/mol. The van der Waals surface area contributed by atoms with Crippen molar-refractivity contribution in [3.63, 3.8) is 0 Å². The molecule has 1 amide bonds. The lowest BCUT2D eigenvalue weighted by molar-refractivity contribution is 0.0926. The number of carbonyl (C=O) groups is 1. The lowest BCUT2D eigenvalue weighted by Crippen LogP contribution is -2.43. The van der Waals surface area contributed by atoms with Crippen LogP contribution in [-0.4, -0.2) is 36.5 Å². The van der Waals surface area contributed by atoms with Gasteiger partial charge in [-0.3, -0.25) is 4.79 Å². The zero-order valence-electron chi connectivity index (χ0n) is 11.9. The van der Waals surface area contributed by atoms with Crippen LogP contribution >= 0.6 is 0 Å². The number of carbonyl (C=O) groups excluding carboxylic acids is 1. The maximum atomic E-state index is 13.2. The van der Waals surface area contributed by atoms with Crippen molar-refractivity contribution >= 4 is 11.6 Å². The number of nitrogens with two attached hydrogens (primary N) is 1. The quantitative estimate of drug-likeness (QED) is 0.829. The number of amides is 1. The Hall–Kier alpha value is -1.62. The molecule has 1 unspecified atom stereocenters. The predicted octanol–water partition coefficient (Wildman–Crippen LogP) is 2.01. The van der Waals surface area contributed by atoms with Gasteiger partial charge < -0.3 is 16.0 Å². The predicted molar refractivity (Wildman–Crippen MR) is 78.0 cm³/mol. The van der Waals surface area contributed by atoms with Crippen molar-refractivity contribution in [2.45, 2.75) is 32.2 Å². The van der Waals surface area contributed by atoms with Gasteiger partial charge in [0.15, 0.2) is 0 Å². The van der Waals surface area contributed by atoms with Crippen molar-refractivity contribution in [1.82, 2.24) is 10.2 Å². The van der Waals surface area contributed by atoms with Crippen LogP contribution in [0.1, 0.15) is 36.5 Å². The van der Waals surface area contributed by atoms with Gasteiger partial charge >= 0.3 is 0 Å². The molecular weight excluding hydrogens is 257 g/mol. The molecule has 1 saturated heterocycles. The second-order valence-corrected chi connectivity index (χ2v) is 5.47. The zero-order chi connectivity index (χ0) is 14.5. The maximum Gasteiger partial charge on any atom is 0.253 e. The Labute approximate surface area is 119 Å². The summed E-state index contributed by atoms with van der Waals surface area (Å²) in [6.45, 7) is 4.95. The van der Waals surface area contributed by atoms with Crippen LogP contribution in [0.25, 0.3) is 0 Å². The summed E-state index contributed by atoms with van der Waals surface area (Å²) in [4.78, 5) is 14.4. The molecule has 1 fully saturated rings. The van der Waals surface area contributed by atoms with E-state index in [1.165, 1.54) is 37.5 Å². The smallest absolute Gasteiger partial charge is 0.253 e. The molecule has 20 heavy (non-hydrogen) atoms. The third kappa shape index (κ3) is 3.93. The van der Waals surface area contributed by atoms with E-state index in [4.69, 9.17) is 5.73 Å². The molecule has 1 atom stereocenters. The van der Waals surface area contributed by atoms with Crippen molar-refractivity contribution in [1.29, 1.82) is 0 Å². The number of nitrogen functional groups attached to an aromatic ring is 1. The van der Waals surface area contributed by atoms with Crippen LogP contribution in [0.3, 0.4) is 0 Å². The molecule has 0 bridgehead atoms. The second kappa shape index (κ2) is 6.70. The lowest BCUT2D eigenvalue weighted by Gasteiger charge is -2.29. The fourth-order valence-corrected chi connectivity index (χ4v) is 2.60. The molecule has 0 saturated carbocycles. The molecule has 2 rings (SSSR count). The molecule has 1 heterocycles. The number of likely N-dealkylation sites (tertiary alicyclic amines) is 1. The summed E-state index contributed by atoms with van der Waals surface area (Å²) >= 11 is 0. The number of benzene rings is 1. The Kier molecular flexibility index (Phi) is 4.95. The Morgan fingerprint density at radius 3 is 2.80 bits per heavy atom. The highest BCUT2D eigenvalue weighted by molar-refractivity contribution is 5.99. The molecule has 1 aliphatic heterocycles. The molecule has 110 valence electrons. The zero-order valence-corrected chi connectivity index (χ0v) is 11.9. The normalized spacial score (nSPS) is 17.7. The van der Waals surface area contributed by atoms with Gasteiger partial charge in [-0.1, -0.05) is 6.42 Å². The highest BCUT2D eigenvalue weighted by Gasteiger charge is 2.17. The monoisotopic (exact) mass is 279 g/mol. The topological polar surface area (TPSA) is 58.4 Å². The van der Waals surface area contributed by atoms with Crippen molar-refractivity contribution in [3.05, 3.63) is 29.6 Å². The van der Waals surface area contributed by atoms with Gasteiger partial charge in [-0.15, -0.1) is 0 Å². The summed E-state index contributed by atoms with van der Waals surface area (Å²) in [5.41, 5.74) is 6.22. The summed E-state index contributed by atoms with van der Waals surface area (Å²) in [6.07, 6.45) is 3.73. The van der Waals surface area contributed by atoms with Crippen LogP contribution in [0.5, 0.6) is 0 Å². The molecule has 5 heteroatoms. The Bertz CT molecular complexity index is 472. The lowest BCUT2D eigenvalue weighted by atomic mass is 10.1. The van der Waals surface area contributed by atoms with Gasteiger partial charge in [0.25, 0.3) is 5.91 Å². The first kappa shape index (κ1) is 14.8. The van der Waals surface area contributed by atoms with Gasteiger partial charge in [-0.05, 0) is 51.1 Å². The number of nitrogens with zero attached hydrogens (tertiary/aromatic N) is 1. The molecule has 0 aromatic heterocycles. The molecule has 1 aromatic rings. The van der Waals surface area contributed by atoms with Crippen molar-refractivity contribution in [2.75, 3.05) is 25.4 Å². The summed E-state index contributed by atoms with van der Waals surface area (Å²) in [7, 11) is 0. The van der Waals surface area contributed by atoms with Crippen LogP contribution in [0.4, 0.5) is 10.1 Å². The number of hydrogen-bond donors (Lipinski definition) is 2. The first-order valence-corrected chi connectivity index (χ1v) is 7.14. The summed E-state index contributed by atoms with van der Waals surface area (Å²) in [5, 5.41) is 2.88. The minimum absolute atomic E-state index is 0.0169. The van der Waals surface area contributed by atoms with Gasteiger partial charge in [-0.2, -0.15) is 0 Å². The molecule has 0 spiro atoms. The van der Waals surface area contributed by atoms with Crippen LogP contribution in [0.2, 0.25) is 0 Å². The second-order valence-electron chi connectivity index (χ2n) is 5.47. The number of piperidine rings is 1. The van der Waals surface area contributed by atoms with E-state index in [0.717, 1.165) is 19.6 Å². The van der Waals surface area contributed by atoms with Crippen molar-refractivity contribution in [3.8, 4) is 0 Å². The largest absolute Gasteiger partial charge is 0.398 e. The van der Waals surface area contributed by atoms with E-state index < -0.39 is 5.82 Å². The van der Waals surface area contributed by atoms with E-state index in [-0.39, 0.29) is 17.5 Å². The summed E-state index contributed by atoms with van der Waals surface area (Å²) < 4.78 is 13.2. The maximum absolute atomic E-state index is 13.2. The number of nitrogens with one attached hydrogen (secondary N) is 1. The molecule has 4 nitrogen and oxygen atoms in total. The Balaban J connectivity index is 1.91. The highest BCUT2D eigenvalue weighted by Crippen LogP contribution is 2.14. The summed E-state index contributed by atoms with van der Waals surface area (Å²) in [6, 6.07) is 3.87. The van der Waals surface area contributed by atoms with Crippen molar-refractivity contribution < 1.29 is 9.18 Å². The molecule has 0 radical (unpaired) electrons. The molecule has 3 N–H and O–H groups in total. The number of hydrogen-bond acceptors (Lipinski definition) is 3. The minimum Gasteiger partial charge on any atom is -0.398 e. The van der Waals surface area contributed by atoms with E-state index in [2.05, 4.69) is 10.2 Å². The van der Waals surface area contributed by atoms with Crippen molar-refractivity contribution in [2.24, 2.45) is 0 Å². The Morgan fingerprint density at radius 2 is 2.10 bits per heavy atom. The van der Waals surface area contributed by atoms with E-state index in [9.17, 15) is 9.18 Å². The van der Waals surface area contributed by atoms with Crippen LogP contribution in [0, 0.1) is 5.82 Å². The van der Waals surface area contributed by atoms with Gasteiger partial charge in [0.05, 0.1) is 5.56 Å². The molecule has 1 aliphatic rings. The third-order valence-corrected chi connectivity index (χ3v) is 3.62. The van der Waals surface area contributed by atoms with E-state index in [0.29, 0.717) is 5.69 Å². The van der Waals surface area contributed by atoms with Gasteiger partial charge in [0.1, 0.15) is 5.82 Å². The number of halogens is 1. The van der Waals surface area contributed by atoms with Gasteiger partial charge in [0, 0.05) is 18.3 Å². The van der Waals surface area contributed by atoms with Crippen LogP contribution in [0.15, 0.2) is 18.2 Å². The fraction of sp³-hybridized carbons (Fsp3) is 0.533. The van der Waals surface area contributed by atoms with E-state index in [1.807, 2.05) is 6.92 Å². The summed E-state index contributed by atoms with van der Waals surface area (Å²) in [5.74, 6) is -0.764. The Morgan fingerprint density at radius 1 is 1.40 bits per heavy atom. The van der Waals surface area contributed by atoms with Crippen LogP contribution in [-0.2, 0) is 0 Å². The van der Waals surface area contributed by atoms with Gasteiger partial charge in [-0.25, -0.2) is 4.39 Å². The highest BCUT2D eigenvalue weighted by atomic mass is 19.1. The van der Waals surface area contributed by atoms with Gasteiger partial charge in [0.2, 0.25) is 0 Å². The minimum atomic E-state index is -0.451. The van der Waals surface area contributed by atoms with E-state index >= 15 is 0 Å². The fourth-order valence-electron chi connectivity index (χ4n) is 2.60.